The van der Waals surface area contributed by atoms with Crippen LogP contribution in [0.3, 0.4) is 0 Å². The van der Waals surface area contributed by atoms with Gasteiger partial charge >= 0.3 is 0 Å². The molecule has 2 aromatic heterocycles. The molecule has 27 heavy (non-hydrogen) atoms. The highest BCUT2D eigenvalue weighted by Crippen LogP contribution is 2.37. The molecule has 0 radical (unpaired) electrons. The summed E-state index contributed by atoms with van der Waals surface area (Å²) in [6.07, 6.45) is 4.25. The van der Waals surface area contributed by atoms with Gasteiger partial charge in [0.1, 0.15) is 0 Å². The summed E-state index contributed by atoms with van der Waals surface area (Å²) in [5.41, 5.74) is 3.31. The van der Waals surface area contributed by atoms with Crippen molar-refractivity contribution in [2.24, 2.45) is 0 Å². The van der Waals surface area contributed by atoms with Crippen molar-refractivity contribution < 1.29 is 9.21 Å². The molecule has 0 saturated heterocycles. The Balaban J connectivity index is 1.28. The molecule has 1 fully saturated rings. The Hall–Kier alpha value is -3.48. The molecule has 0 bridgehead atoms. The number of nitrogens with zero attached hydrogens (tertiary/aromatic N) is 4. The predicted molar refractivity (Wildman–Crippen MR) is 98.9 cm³/mol. The first-order valence-electron chi connectivity index (χ1n) is 8.90. The molecule has 5 rings (SSSR count). The van der Waals surface area contributed by atoms with Gasteiger partial charge in [-0.25, -0.2) is 4.98 Å². The summed E-state index contributed by atoms with van der Waals surface area (Å²) in [6, 6.07) is 15.7. The maximum Gasteiger partial charge on any atom is 0.251 e. The number of hydrogen-bond donors (Lipinski definition) is 1. The number of carbonyl (C=O) groups is 1. The SMILES string of the molecule is O=C(NCc1nnc(-c2ccccc2)o1)c1ccc2c(c1)ncn2C1CC1. The van der Waals surface area contributed by atoms with Crippen molar-refractivity contribution in [2.75, 3.05) is 0 Å². The van der Waals surface area contributed by atoms with E-state index in [1.807, 2.05) is 54.9 Å². The van der Waals surface area contributed by atoms with E-state index < -0.39 is 0 Å². The quantitative estimate of drug-likeness (QED) is 0.590. The molecule has 0 unspecified atom stereocenters. The lowest BCUT2D eigenvalue weighted by atomic mass is 10.2. The third kappa shape index (κ3) is 3.08. The number of rotatable bonds is 5. The molecule has 2 heterocycles. The largest absolute Gasteiger partial charge is 0.419 e. The molecule has 7 nitrogen and oxygen atoms in total. The zero-order chi connectivity index (χ0) is 18.2. The molecule has 1 N–H and O–H groups in total. The number of carbonyl (C=O) groups excluding carboxylic acids is 1. The second-order valence-electron chi connectivity index (χ2n) is 6.64. The molecule has 134 valence electrons. The molecule has 0 atom stereocenters. The highest BCUT2D eigenvalue weighted by molar-refractivity contribution is 5.97. The average molecular weight is 359 g/mol. The number of fused-ring (bicyclic) bond motifs is 1. The van der Waals surface area contributed by atoms with Crippen LogP contribution in [0.5, 0.6) is 0 Å². The van der Waals surface area contributed by atoms with E-state index in [4.69, 9.17) is 4.42 Å². The summed E-state index contributed by atoms with van der Waals surface area (Å²) in [5, 5.41) is 10.8. The van der Waals surface area contributed by atoms with Crippen LogP contribution in [0, 0.1) is 0 Å². The monoisotopic (exact) mass is 359 g/mol. The summed E-state index contributed by atoms with van der Waals surface area (Å²) < 4.78 is 7.79. The third-order valence-corrected chi connectivity index (χ3v) is 4.67. The normalized spacial score (nSPS) is 13.8. The number of aromatic nitrogens is 4. The van der Waals surface area contributed by atoms with Crippen LogP contribution in [-0.4, -0.2) is 25.7 Å². The van der Waals surface area contributed by atoms with Crippen molar-refractivity contribution >= 4 is 16.9 Å². The fraction of sp³-hybridized carbons (Fsp3) is 0.200. The molecule has 1 aliphatic carbocycles. The van der Waals surface area contributed by atoms with E-state index in [9.17, 15) is 4.79 Å². The van der Waals surface area contributed by atoms with Gasteiger partial charge < -0.3 is 14.3 Å². The molecule has 1 saturated carbocycles. The van der Waals surface area contributed by atoms with E-state index in [1.54, 1.807) is 0 Å². The number of hydrogen-bond acceptors (Lipinski definition) is 5. The smallest absolute Gasteiger partial charge is 0.251 e. The Morgan fingerprint density at radius 1 is 1.15 bits per heavy atom. The van der Waals surface area contributed by atoms with E-state index in [-0.39, 0.29) is 12.5 Å². The van der Waals surface area contributed by atoms with Gasteiger partial charge in [-0.15, -0.1) is 10.2 Å². The summed E-state index contributed by atoms with van der Waals surface area (Å²) >= 11 is 0. The first-order valence-corrected chi connectivity index (χ1v) is 8.90. The minimum atomic E-state index is -0.197. The van der Waals surface area contributed by atoms with Crippen LogP contribution in [0.2, 0.25) is 0 Å². The van der Waals surface area contributed by atoms with Crippen molar-refractivity contribution in [2.45, 2.75) is 25.4 Å². The molecule has 1 amide bonds. The van der Waals surface area contributed by atoms with Crippen LogP contribution >= 0.6 is 0 Å². The Labute approximate surface area is 155 Å². The Bertz CT molecular complexity index is 1110. The van der Waals surface area contributed by atoms with Gasteiger partial charge in [0.05, 0.1) is 23.9 Å². The van der Waals surface area contributed by atoms with E-state index >= 15 is 0 Å². The van der Waals surface area contributed by atoms with Crippen LogP contribution in [0.15, 0.2) is 59.3 Å². The predicted octanol–water partition coefficient (Wildman–Crippen LogP) is 3.35. The van der Waals surface area contributed by atoms with Crippen LogP contribution < -0.4 is 5.32 Å². The Morgan fingerprint density at radius 2 is 2.00 bits per heavy atom. The van der Waals surface area contributed by atoms with Gasteiger partial charge in [-0.2, -0.15) is 0 Å². The number of nitrogens with one attached hydrogen (secondary N) is 1. The van der Waals surface area contributed by atoms with Gasteiger partial charge in [0.15, 0.2) is 0 Å². The molecule has 0 aliphatic heterocycles. The molecule has 2 aromatic carbocycles. The minimum absolute atomic E-state index is 0.174. The molecule has 0 spiro atoms. The van der Waals surface area contributed by atoms with Gasteiger partial charge in [-0.1, -0.05) is 18.2 Å². The van der Waals surface area contributed by atoms with Crippen LogP contribution in [0.1, 0.15) is 35.1 Å². The fourth-order valence-corrected chi connectivity index (χ4v) is 3.10. The van der Waals surface area contributed by atoms with Crippen molar-refractivity contribution in [3.63, 3.8) is 0 Å². The highest BCUT2D eigenvalue weighted by atomic mass is 16.4. The van der Waals surface area contributed by atoms with E-state index in [1.165, 1.54) is 12.8 Å². The summed E-state index contributed by atoms with van der Waals surface area (Å²) in [6.45, 7) is 0.174. The maximum absolute atomic E-state index is 12.5. The van der Waals surface area contributed by atoms with Gasteiger partial charge in [-0.05, 0) is 43.2 Å². The topological polar surface area (TPSA) is 85.8 Å². The zero-order valence-corrected chi connectivity index (χ0v) is 14.5. The summed E-state index contributed by atoms with van der Waals surface area (Å²) in [4.78, 5) is 16.9. The standard InChI is InChI=1S/C20H17N5O2/c26-19(14-6-9-17-16(10-14)22-12-25(17)15-7-8-15)21-11-18-23-24-20(27-18)13-4-2-1-3-5-13/h1-6,9-10,12,15H,7-8,11H2,(H,21,26). The lowest BCUT2D eigenvalue weighted by molar-refractivity contribution is 0.0947. The van der Waals surface area contributed by atoms with E-state index in [0.717, 1.165) is 16.6 Å². The fourth-order valence-electron chi connectivity index (χ4n) is 3.10. The van der Waals surface area contributed by atoms with Crippen LogP contribution in [0.4, 0.5) is 0 Å². The first kappa shape index (κ1) is 15.7. The second kappa shape index (κ2) is 6.35. The highest BCUT2D eigenvalue weighted by Gasteiger charge is 2.25. The van der Waals surface area contributed by atoms with Crippen molar-refractivity contribution in [1.82, 2.24) is 25.1 Å². The number of amides is 1. The zero-order valence-electron chi connectivity index (χ0n) is 14.5. The Morgan fingerprint density at radius 3 is 2.81 bits per heavy atom. The van der Waals surface area contributed by atoms with Crippen molar-refractivity contribution in [3.05, 3.63) is 66.3 Å². The van der Waals surface area contributed by atoms with Crippen molar-refractivity contribution in [1.29, 1.82) is 0 Å². The molecule has 1 aliphatic rings. The van der Waals surface area contributed by atoms with E-state index in [0.29, 0.717) is 23.4 Å². The second-order valence-corrected chi connectivity index (χ2v) is 6.64. The number of imidazole rings is 1. The molecular formula is C20H17N5O2. The maximum atomic E-state index is 12.5. The average Bonchev–Trinajstić information content (AvgIpc) is 3.29. The van der Waals surface area contributed by atoms with Gasteiger partial charge in [0, 0.05) is 17.2 Å². The van der Waals surface area contributed by atoms with Gasteiger partial charge in [0.2, 0.25) is 11.8 Å². The third-order valence-electron chi connectivity index (χ3n) is 4.67. The lowest BCUT2D eigenvalue weighted by Gasteiger charge is -2.04. The minimum Gasteiger partial charge on any atom is -0.419 e. The summed E-state index contributed by atoms with van der Waals surface area (Å²) in [7, 11) is 0. The number of benzene rings is 2. The molecule has 4 aromatic rings. The molecular weight excluding hydrogens is 342 g/mol. The van der Waals surface area contributed by atoms with E-state index in [2.05, 4.69) is 25.1 Å². The molecule has 7 heteroatoms. The first-order chi connectivity index (χ1) is 13.3. The summed E-state index contributed by atoms with van der Waals surface area (Å²) in [5.74, 6) is 0.602. The van der Waals surface area contributed by atoms with Crippen molar-refractivity contribution in [3.8, 4) is 11.5 Å². The Kier molecular flexibility index (Phi) is 3.71. The van der Waals surface area contributed by atoms with Crippen LogP contribution in [-0.2, 0) is 6.54 Å². The van der Waals surface area contributed by atoms with Gasteiger partial charge in [-0.3, -0.25) is 4.79 Å². The van der Waals surface area contributed by atoms with Gasteiger partial charge in [0.25, 0.3) is 5.91 Å². The van der Waals surface area contributed by atoms with Crippen LogP contribution in [0.25, 0.3) is 22.5 Å². The lowest BCUT2D eigenvalue weighted by Crippen LogP contribution is -2.22.